The zero-order valence-corrected chi connectivity index (χ0v) is 8.54. The van der Waals surface area contributed by atoms with E-state index in [4.69, 9.17) is 0 Å². The second-order valence-corrected chi connectivity index (χ2v) is 3.64. The van der Waals surface area contributed by atoms with Crippen LogP contribution >= 0.6 is 0 Å². The second-order valence-electron chi connectivity index (χ2n) is 3.64. The van der Waals surface area contributed by atoms with Gasteiger partial charge in [-0.15, -0.1) is 0 Å². The normalized spacial score (nSPS) is 10.8. The van der Waals surface area contributed by atoms with Gasteiger partial charge in [-0.1, -0.05) is 18.2 Å². The molecule has 0 unspecified atom stereocenters. The van der Waals surface area contributed by atoms with Crippen molar-refractivity contribution in [3.63, 3.8) is 0 Å². The first kappa shape index (κ1) is 8.97. The quantitative estimate of drug-likeness (QED) is 0.670. The van der Waals surface area contributed by atoms with E-state index in [9.17, 15) is 5.11 Å². The third kappa shape index (κ3) is 1.34. The standard InChI is InChI=1S/C13H10N2O/c16-11-5-3-4-10(8-11)12-9-14-15-7-2-1-6-13(12)15/h1-9,16H. The summed E-state index contributed by atoms with van der Waals surface area (Å²) >= 11 is 0. The predicted octanol–water partition coefficient (Wildman–Crippen LogP) is 2.71. The summed E-state index contributed by atoms with van der Waals surface area (Å²) in [5, 5.41) is 13.7. The van der Waals surface area contributed by atoms with Gasteiger partial charge in [-0.05, 0) is 29.8 Å². The van der Waals surface area contributed by atoms with E-state index in [0.29, 0.717) is 0 Å². The number of benzene rings is 1. The largest absolute Gasteiger partial charge is 0.508 e. The van der Waals surface area contributed by atoms with Gasteiger partial charge in [-0.25, -0.2) is 4.52 Å². The van der Waals surface area contributed by atoms with Gasteiger partial charge in [0.1, 0.15) is 5.75 Å². The third-order valence-electron chi connectivity index (χ3n) is 2.58. The molecule has 0 saturated heterocycles. The first-order valence-corrected chi connectivity index (χ1v) is 5.06. The molecule has 2 aromatic heterocycles. The Balaban J connectivity index is 2.26. The minimum Gasteiger partial charge on any atom is -0.508 e. The van der Waals surface area contributed by atoms with Crippen LogP contribution in [0.1, 0.15) is 0 Å². The SMILES string of the molecule is Oc1cccc(-c2cnn3ccccc23)c1. The Labute approximate surface area is 92.6 Å². The molecule has 0 amide bonds. The Kier molecular flexibility index (Phi) is 1.90. The highest BCUT2D eigenvalue weighted by atomic mass is 16.3. The maximum atomic E-state index is 9.46. The van der Waals surface area contributed by atoms with Gasteiger partial charge in [0.2, 0.25) is 0 Å². The molecule has 0 saturated carbocycles. The van der Waals surface area contributed by atoms with Crippen LogP contribution in [0.4, 0.5) is 0 Å². The van der Waals surface area contributed by atoms with Gasteiger partial charge in [0, 0.05) is 11.8 Å². The molecule has 0 atom stereocenters. The molecule has 3 aromatic rings. The molecule has 1 aromatic carbocycles. The lowest BCUT2D eigenvalue weighted by Gasteiger charge is -1.99. The molecule has 0 bridgehead atoms. The molecule has 0 spiro atoms. The third-order valence-corrected chi connectivity index (χ3v) is 2.58. The van der Waals surface area contributed by atoms with Gasteiger partial charge in [-0.3, -0.25) is 0 Å². The van der Waals surface area contributed by atoms with E-state index in [1.54, 1.807) is 12.1 Å². The number of phenolic OH excluding ortho intramolecular Hbond substituents is 1. The van der Waals surface area contributed by atoms with Crippen LogP contribution in [0.3, 0.4) is 0 Å². The monoisotopic (exact) mass is 210 g/mol. The molecule has 3 rings (SSSR count). The Morgan fingerprint density at radius 1 is 1.06 bits per heavy atom. The number of phenols is 1. The summed E-state index contributed by atoms with van der Waals surface area (Å²) in [6.07, 6.45) is 3.71. The summed E-state index contributed by atoms with van der Waals surface area (Å²) in [5.74, 6) is 0.271. The maximum absolute atomic E-state index is 9.46. The van der Waals surface area contributed by atoms with Crippen molar-refractivity contribution in [3.05, 3.63) is 54.9 Å². The predicted molar refractivity (Wildman–Crippen MR) is 62.3 cm³/mol. The molecule has 78 valence electrons. The molecule has 3 heteroatoms. The Morgan fingerprint density at radius 3 is 2.88 bits per heavy atom. The number of rotatable bonds is 1. The highest BCUT2D eigenvalue weighted by molar-refractivity contribution is 5.80. The van der Waals surface area contributed by atoms with Gasteiger partial charge in [0.15, 0.2) is 0 Å². The molecule has 0 aliphatic heterocycles. The van der Waals surface area contributed by atoms with Crippen molar-refractivity contribution in [3.8, 4) is 16.9 Å². The Hall–Kier alpha value is -2.29. The molecule has 1 N–H and O–H groups in total. The number of aromatic hydroxyl groups is 1. The van der Waals surface area contributed by atoms with Crippen molar-refractivity contribution in [1.29, 1.82) is 0 Å². The van der Waals surface area contributed by atoms with Crippen molar-refractivity contribution in [1.82, 2.24) is 9.61 Å². The highest BCUT2D eigenvalue weighted by Crippen LogP contribution is 2.26. The first-order valence-electron chi connectivity index (χ1n) is 5.06. The lowest BCUT2D eigenvalue weighted by Crippen LogP contribution is -1.83. The Bertz CT molecular complexity index is 643. The van der Waals surface area contributed by atoms with E-state index in [0.717, 1.165) is 16.6 Å². The minimum absolute atomic E-state index is 0.271. The van der Waals surface area contributed by atoms with Crippen molar-refractivity contribution < 1.29 is 5.11 Å². The molecule has 0 aliphatic rings. The molecule has 0 fully saturated rings. The number of fused-ring (bicyclic) bond motifs is 1. The zero-order chi connectivity index (χ0) is 11.0. The number of aromatic nitrogens is 2. The van der Waals surface area contributed by atoms with Crippen molar-refractivity contribution >= 4 is 5.52 Å². The molecular formula is C13H10N2O. The smallest absolute Gasteiger partial charge is 0.116 e. The van der Waals surface area contributed by atoms with Crippen LogP contribution in [0, 0.1) is 0 Å². The summed E-state index contributed by atoms with van der Waals surface area (Å²) < 4.78 is 1.82. The van der Waals surface area contributed by atoms with Gasteiger partial charge >= 0.3 is 0 Å². The minimum atomic E-state index is 0.271. The van der Waals surface area contributed by atoms with Crippen LogP contribution in [0.25, 0.3) is 16.6 Å². The van der Waals surface area contributed by atoms with Gasteiger partial charge in [0.25, 0.3) is 0 Å². The van der Waals surface area contributed by atoms with E-state index in [2.05, 4.69) is 5.10 Å². The molecular weight excluding hydrogens is 200 g/mol. The molecule has 16 heavy (non-hydrogen) atoms. The summed E-state index contributed by atoms with van der Waals surface area (Å²) in [6.45, 7) is 0. The fraction of sp³-hybridized carbons (Fsp3) is 0. The average molecular weight is 210 g/mol. The molecule has 3 nitrogen and oxygen atoms in total. The first-order chi connectivity index (χ1) is 7.84. The highest BCUT2D eigenvalue weighted by Gasteiger charge is 2.05. The summed E-state index contributed by atoms with van der Waals surface area (Å²) in [4.78, 5) is 0. The zero-order valence-electron chi connectivity index (χ0n) is 8.54. The summed E-state index contributed by atoms with van der Waals surface area (Å²) in [6, 6.07) is 13.1. The van der Waals surface area contributed by atoms with Crippen LogP contribution in [0.5, 0.6) is 5.75 Å². The topological polar surface area (TPSA) is 37.5 Å². The maximum Gasteiger partial charge on any atom is 0.116 e. The fourth-order valence-electron chi connectivity index (χ4n) is 1.83. The Morgan fingerprint density at radius 2 is 2.00 bits per heavy atom. The lowest BCUT2D eigenvalue weighted by atomic mass is 10.1. The number of nitrogens with zero attached hydrogens (tertiary/aromatic N) is 2. The van der Waals surface area contributed by atoms with E-state index >= 15 is 0 Å². The lowest BCUT2D eigenvalue weighted by molar-refractivity contribution is 0.475. The van der Waals surface area contributed by atoms with Crippen LogP contribution < -0.4 is 0 Å². The van der Waals surface area contributed by atoms with E-state index in [1.165, 1.54) is 0 Å². The van der Waals surface area contributed by atoms with Crippen molar-refractivity contribution in [2.75, 3.05) is 0 Å². The number of hydrogen-bond acceptors (Lipinski definition) is 2. The average Bonchev–Trinajstić information content (AvgIpc) is 2.72. The molecule has 0 radical (unpaired) electrons. The van der Waals surface area contributed by atoms with Crippen LogP contribution in [-0.4, -0.2) is 14.7 Å². The van der Waals surface area contributed by atoms with Crippen LogP contribution in [-0.2, 0) is 0 Å². The molecule has 2 heterocycles. The number of hydrogen-bond donors (Lipinski definition) is 1. The summed E-state index contributed by atoms with van der Waals surface area (Å²) in [7, 11) is 0. The molecule has 0 aliphatic carbocycles. The second kappa shape index (κ2) is 3.38. The van der Waals surface area contributed by atoms with Gasteiger partial charge in [-0.2, -0.15) is 5.10 Å². The van der Waals surface area contributed by atoms with E-state index < -0.39 is 0 Å². The van der Waals surface area contributed by atoms with Crippen LogP contribution in [0.2, 0.25) is 0 Å². The van der Waals surface area contributed by atoms with Crippen molar-refractivity contribution in [2.45, 2.75) is 0 Å². The summed E-state index contributed by atoms with van der Waals surface area (Å²) in [5.41, 5.74) is 3.03. The van der Waals surface area contributed by atoms with Crippen LogP contribution in [0.15, 0.2) is 54.9 Å². The fourth-order valence-corrected chi connectivity index (χ4v) is 1.83. The van der Waals surface area contributed by atoms with Gasteiger partial charge in [0.05, 0.1) is 11.7 Å². The van der Waals surface area contributed by atoms with E-state index in [-0.39, 0.29) is 5.75 Å². The van der Waals surface area contributed by atoms with E-state index in [1.807, 2.05) is 47.2 Å². The number of pyridine rings is 1. The van der Waals surface area contributed by atoms with Gasteiger partial charge < -0.3 is 5.11 Å². The van der Waals surface area contributed by atoms with Crippen molar-refractivity contribution in [2.24, 2.45) is 0 Å².